The molecule has 3 rings (SSSR count). The third-order valence-corrected chi connectivity index (χ3v) is 3.50. The minimum absolute atomic E-state index is 0.340. The van der Waals surface area contributed by atoms with E-state index < -0.39 is 17.6 Å². The first-order valence-electron chi connectivity index (χ1n) is 7.29. The van der Waals surface area contributed by atoms with Crippen LogP contribution in [0.5, 0.6) is 0 Å². The zero-order chi connectivity index (χ0) is 15.3. The summed E-state index contributed by atoms with van der Waals surface area (Å²) in [5, 5.41) is 2.22. The molecule has 4 nitrogen and oxygen atoms in total. The zero-order valence-electron chi connectivity index (χ0n) is 12.7. The van der Waals surface area contributed by atoms with Gasteiger partial charge in [0.2, 0.25) is 5.91 Å². The maximum absolute atomic E-state index is 12.5. The van der Waals surface area contributed by atoms with Gasteiger partial charge in [-0.05, 0) is 17.7 Å². The molecule has 1 unspecified atom stereocenters. The fourth-order valence-corrected chi connectivity index (χ4v) is 2.37. The number of carbonyl (C=O) groups excluding carboxylic acids is 1. The second kappa shape index (κ2) is 4.53. The van der Waals surface area contributed by atoms with Gasteiger partial charge in [0.25, 0.3) is 0 Å². The van der Waals surface area contributed by atoms with Crippen molar-refractivity contribution in [1.82, 2.24) is 10.6 Å². The van der Waals surface area contributed by atoms with Gasteiger partial charge in [-0.25, -0.2) is 0 Å². The molecule has 0 aliphatic carbocycles. The number of rotatable bonds is 1. The van der Waals surface area contributed by atoms with Crippen LogP contribution in [-0.2, 0) is 9.53 Å². The molecule has 18 heavy (non-hydrogen) atoms. The van der Waals surface area contributed by atoms with Crippen LogP contribution in [0.25, 0.3) is 0 Å². The summed E-state index contributed by atoms with van der Waals surface area (Å²) in [6.07, 6.45) is 0.694. The number of amides is 1. The Morgan fingerprint density at radius 3 is 2.72 bits per heavy atom. The van der Waals surface area contributed by atoms with E-state index in [9.17, 15) is 4.79 Å². The molecule has 0 aromatic heterocycles. The van der Waals surface area contributed by atoms with Crippen LogP contribution in [0.4, 0.5) is 0 Å². The standard InChI is InChI=1S/C13H15ClN2O2/c14-10-3-1-9(2-4-10)11-12(17)16-13(15-11)5-7-18-8-6-13/h1-4,11,15H,5-8H2,(H,16,17)/i11D/hD2. The number of hydrogen-bond donors (Lipinski definition) is 2. The summed E-state index contributed by atoms with van der Waals surface area (Å²) in [6, 6.07) is 4.35. The van der Waals surface area contributed by atoms with Crippen molar-refractivity contribution in [2.45, 2.75) is 24.5 Å². The first-order valence-corrected chi connectivity index (χ1v) is 6.27. The van der Waals surface area contributed by atoms with Crippen molar-refractivity contribution in [2.75, 3.05) is 13.2 Å². The van der Waals surface area contributed by atoms with Crippen LogP contribution in [0.15, 0.2) is 24.3 Å². The third kappa shape index (κ3) is 2.11. The lowest BCUT2D eigenvalue weighted by molar-refractivity contribution is -0.121. The van der Waals surface area contributed by atoms with Crippen molar-refractivity contribution in [2.24, 2.45) is 0 Å². The van der Waals surface area contributed by atoms with E-state index in [1.807, 2.05) is 0 Å². The Morgan fingerprint density at radius 2 is 2.06 bits per heavy atom. The summed E-state index contributed by atoms with van der Waals surface area (Å²) in [5.74, 6) is -0.721. The minimum Gasteiger partial charge on any atom is -0.381 e. The second-order valence-corrected chi connectivity index (χ2v) is 4.92. The van der Waals surface area contributed by atoms with E-state index in [2.05, 4.69) is 0 Å². The van der Waals surface area contributed by atoms with Crippen LogP contribution in [-0.4, -0.2) is 24.8 Å². The SMILES string of the molecule is [2H]N1C(=O)C([2H])(c2ccc(Cl)cc2)N([2H])C12CCOCC2. The molecule has 96 valence electrons. The molecule has 1 atom stereocenters. The first kappa shape index (κ1) is 8.91. The highest BCUT2D eigenvalue weighted by atomic mass is 35.5. The molecule has 2 aliphatic heterocycles. The number of hydrogen-bond acceptors (Lipinski definition) is 3. The number of nitrogens with one attached hydrogen (secondary N) is 2. The highest BCUT2D eigenvalue weighted by Gasteiger charge is 2.44. The quantitative estimate of drug-likeness (QED) is 0.814. The Labute approximate surface area is 115 Å². The fraction of sp³-hybridized carbons (Fsp3) is 0.462. The molecule has 2 saturated heterocycles. The molecule has 0 saturated carbocycles. The molecule has 2 fully saturated rings. The molecular weight excluding hydrogens is 252 g/mol. The summed E-state index contributed by atoms with van der Waals surface area (Å²) in [6.45, 7) is 0.740. The van der Waals surface area contributed by atoms with E-state index in [0.29, 0.717) is 36.6 Å². The van der Waals surface area contributed by atoms with Crippen LogP contribution in [0.2, 0.25) is 7.85 Å². The maximum atomic E-state index is 12.5. The Hall–Kier alpha value is -1.10. The summed E-state index contributed by atoms with van der Waals surface area (Å²) >= 11 is 5.84. The van der Waals surface area contributed by atoms with Gasteiger partial charge in [0.15, 0.2) is 1.41 Å². The smallest absolute Gasteiger partial charge is 0.243 e. The van der Waals surface area contributed by atoms with E-state index in [1.54, 1.807) is 24.3 Å². The van der Waals surface area contributed by atoms with E-state index in [-0.39, 0.29) is 0 Å². The average molecular weight is 270 g/mol. The Balaban J connectivity index is 2.06. The molecular formula is C13H15ClN2O2. The van der Waals surface area contributed by atoms with Gasteiger partial charge in [-0.3, -0.25) is 10.1 Å². The first-order chi connectivity index (χ1) is 9.93. The lowest BCUT2D eigenvalue weighted by Gasteiger charge is -2.33. The predicted molar refractivity (Wildman–Crippen MR) is 68.3 cm³/mol. The van der Waals surface area contributed by atoms with Crippen molar-refractivity contribution in [3.8, 4) is 0 Å². The van der Waals surface area contributed by atoms with Crippen LogP contribution >= 0.6 is 11.6 Å². The minimum atomic E-state index is -1.93. The van der Waals surface area contributed by atoms with E-state index in [4.69, 9.17) is 20.5 Å². The van der Waals surface area contributed by atoms with E-state index in [1.165, 1.54) is 0 Å². The third-order valence-electron chi connectivity index (χ3n) is 3.24. The molecule has 0 bridgehead atoms. The normalized spacial score (nSPS) is 34.4. The van der Waals surface area contributed by atoms with Crippen LogP contribution in [0, 0.1) is 0 Å². The van der Waals surface area contributed by atoms with Gasteiger partial charge in [0, 0.05) is 17.9 Å². The molecule has 2 heterocycles. The van der Waals surface area contributed by atoms with Crippen molar-refractivity contribution < 1.29 is 13.7 Å². The van der Waals surface area contributed by atoms with Crippen molar-refractivity contribution in [3.05, 3.63) is 34.9 Å². The van der Waals surface area contributed by atoms with Crippen LogP contribution in [0.1, 0.15) is 25.8 Å². The van der Waals surface area contributed by atoms with Crippen molar-refractivity contribution in [3.63, 3.8) is 0 Å². The summed E-state index contributed by atoms with van der Waals surface area (Å²) in [7, 11) is 0. The molecule has 1 amide bonds. The summed E-state index contributed by atoms with van der Waals surface area (Å²) in [4.78, 5) is 12.5. The molecule has 1 aromatic carbocycles. The van der Waals surface area contributed by atoms with Gasteiger partial charge in [-0.15, -0.1) is 0 Å². The van der Waals surface area contributed by atoms with Crippen molar-refractivity contribution in [1.29, 1.82) is 0 Å². The molecule has 2 N–H and O–H groups in total. The molecule has 5 heteroatoms. The lowest BCUT2D eigenvalue weighted by atomic mass is 10.0. The Morgan fingerprint density at radius 1 is 1.39 bits per heavy atom. The number of carbonyl (C=O) groups is 1. The van der Waals surface area contributed by atoms with E-state index >= 15 is 0 Å². The maximum Gasteiger partial charge on any atom is 0.243 e. The number of halogens is 1. The van der Waals surface area contributed by atoms with Gasteiger partial charge >= 0.3 is 0 Å². The largest absolute Gasteiger partial charge is 0.381 e. The van der Waals surface area contributed by atoms with Gasteiger partial charge in [0.1, 0.15) is 7.43 Å². The molecule has 1 spiro atoms. The second-order valence-electron chi connectivity index (χ2n) is 4.48. The topological polar surface area (TPSA) is 50.4 Å². The molecule has 0 radical (unpaired) electrons. The Kier molecular flexibility index (Phi) is 2.24. The Bertz CT molecular complexity index is 565. The summed E-state index contributed by atoms with van der Waals surface area (Å²) < 4.78 is 30.2. The van der Waals surface area contributed by atoms with Gasteiger partial charge < -0.3 is 10.0 Å². The van der Waals surface area contributed by atoms with Crippen LogP contribution in [0.3, 0.4) is 0 Å². The highest BCUT2D eigenvalue weighted by molar-refractivity contribution is 6.30. The average Bonchev–Trinajstić information content (AvgIpc) is 2.64. The predicted octanol–water partition coefficient (Wildman–Crippen LogP) is 1.61. The van der Waals surface area contributed by atoms with E-state index in [0.717, 1.165) is 10.6 Å². The monoisotopic (exact) mass is 269 g/mol. The fourth-order valence-electron chi connectivity index (χ4n) is 2.24. The van der Waals surface area contributed by atoms with Crippen molar-refractivity contribution >= 4 is 17.5 Å². The van der Waals surface area contributed by atoms with Gasteiger partial charge in [-0.2, -0.15) is 0 Å². The van der Waals surface area contributed by atoms with Gasteiger partial charge in [-0.1, -0.05) is 23.7 Å². The molecule has 2 aliphatic rings. The zero-order valence-corrected chi connectivity index (χ0v) is 10.5. The highest BCUT2D eigenvalue weighted by Crippen LogP contribution is 2.29. The lowest BCUT2D eigenvalue weighted by Crippen LogP contribution is -2.53. The number of benzene rings is 1. The van der Waals surface area contributed by atoms with Crippen LogP contribution < -0.4 is 10.6 Å². The van der Waals surface area contributed by atoms with Gasteiger partial charge in [0.05, 0.1) is 20.2 Å². The number of ether oxygens (including phenoxy) is 1. The molecule has 1 aromatic rings. The summed E-state index contributed by atoms with van der Waals surface area (Å²) in [5.41, 5.74) is -0.760.